The highest BCUT2D eigenvalue weighted by Crippen LogP contribution is 2.55. The Kier molecular flexibility index (Phi) is 8.21. The second kappa shape index (κ2) is 12.1. The van der Waals surface area contributed by atoms with Crippen LogP contribution in [0, 0.1) is 11.7 Å². The number of rotatable bonds is 9. The summed E-state index contributed by atoms with van der Waals surface area (Å²) < 4.78 is 21.2. The van der Waals surface area contributed by atoms with Gasteiger partial charge in [0.25, 0.3) is 0 Å². The minimum Gasteiger partial charge on any atom is -0.378 e. The molecule has 0 saturated carbocycles. The fraction of sp³-hybridized carbons (Fsp3) is 0.409. The van der Waals surface area contributed by atoms with Gasteiger partial charge < -0.3 is 4.90 Å². The zero-order chi connectivity index (χ0) is 34.0. The summed E-state index contributed by atoms with van der Waals surface area (Å²) in [5.74, 6) is 0.226. The van der Waals surface area contributed by atoms with Crippen molar-refractivity contribution in [1.29, 1.82) is 0 Å². The molecule has 7 rings (SSSR count). The second-order valence-corrected chi connectivity index (χ2v) is 15.2. The number of nitrogens with zero attached hydrogens (tertiary/aromatic N) is 3. The molecular weight excluding hydrogens is 590 g/mol. The topological polar surface area (TPSA) is 11.0 Å². The number of hydrogen-bond acceptors (Lipinski definition) is 1. The summed E-state index contributed by atoms with van der Waals surface area (Å²) in [6, 6.07) is 24.6. The minimum absolute atomic E-state index is 0.0791. The third-order valence-electron chi connectivity index (χ3n) is 12.1. The molecule has 3 aromatic carbocycles. The Labute approximate surface area is 287 Å². The van der Waals surface area contributed by atoms with Crippen molar-refractivity contribution in [2.24, 2.45) is 13.0 Å². The van der Waals surface area contributed by atoms with E-state index in [1.165, 1.54) is 55.7 Å². The highest BCUT2D eigenvalue weighted by atomic mass is 19.1. The van der Waals surface area contributed by atoms with Gasteiger partial charge in [0.05, 0.1) is 16.5 Å². The average Bonchev–Trinajstić information content (AvgIpc) is 3.19. The highest BCUT2D eigenvalue weighted by molar-refractivity contribution is 6.01. The lowest BCUT2D eigenvalue weighted by Crippen LogP contribution is -2.45. The summed E-state index contributed by atoms with van der Waals surface area (Å²) in [6.07, 6.45) is 10.8. The SMILES string of the molecule is CCCCc1cc2c3c4[n+](ccc3c1)CC(Cc1ccc(N(C)C)cc1-c1cccc[n+]1C)C(CC)(CC)c1ccc(F)c(c1-4)C2(C)C. The summed E-state index contributed by atoms with van der Waals surface area (Å²) >= 11 is 0. The van der Waals surface area contributed by atoms with Gasteiger partial charge in [-0.3, -0.25) is 0 Å². The number of hydrogen-bond donors (Lipinski definition) is 0. The molecule has 0 bridgehead atoms. The van der Waals surface area contributed by atoms with Gasteiger partial charge in [0.2, 0.25) is 11.4 Å². The third-order valence-corrected chi connectivity index (χ3v) is 12.1. The summed E-state index contributed by atoms with van der Waals surface area (Å²) in [5, 5.41) is 2.60. The molecule has 0 radical (unpaired) electrons. The van der Waals surface area contributed by atoms with E-state index in [2.05, 4.69) is 143 Å². The molecule has 1 aliphatic carbocycles. The van der Waals surface area contributed by atoms with Crippen LogP contribution >= 0.6 is 0 Å². The molecule has 0 spiro atoms. The first kappa shape index (κ1) is 32.5. The van der Waals surface area contributed by atoms with Gasteiger partial charge in [-0.1, -0.05) is 65.3 Å². The summed E-state index contributed by atoms with van der Waals surface area (Å²) in [6.45, 7) is 12.4. The largest absolute Gasteiger partial charge is 0.378 e. The number of unbranched alkanes of at least 4 members (excludes halogenated alkanes) is 1. The van der Waals surface area contributed by atoms with Crippen molar-refractivity contribution in [3.8, 4) is 22.5 Å². The molecule has 1 aliphatic heterocycles. The Balaban J connectivity index is 1.49. The van der Waals surface area contributed by atoms with Crippen molar-refractivity contribution in [3.05, 3.63) is 113 Å². The predicted octanol–water partition coefficient (Wildman–Crippen LogP) is 9.40. The van der Waals surface area contributed by atoms with Crippen molar-refractivity contribution in [2.45, 2.75) is 90.5 Å². The zero-order valence-electron chi connectivity index (χ0n) is 30.3. The van der Waals surface area contributed by atoms with E-state index in [0.717, 1.165) is 56.2 Å². The highest BCUT2D eigenvalue weighted by Gasteiger charge is 2.50. The van der Waals surface area contributed by atoms with Crippen LogP contribution in [0.4, 0.5) is 10.1 Å². The first-order chi connectivity index (χ1) is 23.0. The molecule has 3 heterocycles. The number of aryl methyl sites for hydroxylation is 2. The van der Waals surface area contributed by atoms with Crippen LogP contribution in [-0.2, 0) is 37.3 Å². The standard InChI is InChI=1S/C44H52FN3/c1-9-12-15-29-24-31-21-23-48-28-32(26-30-17-18-33(46(6)7)27-34(30)38-16-13-14-22-47(38)8)44(10-2,11-3)35-19-20-37(45)41-40(35)42(48)39(31)36(25-29)43(41,4)5/h13-14,16-25,27,32H,9-12,15,26,28H2,1-8H3/q+2. The van der Waals surface area contributed by atoms with Crippen LogP contribution in [-0.4, -0.2) is 14.1 Å². The summed E-state index contributed by atoms with van der Waals surface area (Å²) in [7, 11) is 6.37. The average molecular weight is 642 g/mol. The van der Waals surface area contributed by atoms with Crippen LogP contribution in [0.5, 0.6) is 0 Å². The lowest BCUT2D eigenvalue weighted by Gasteiger charge is -2.41. The van der Waals surface area contributed by atoms with Crippen LogP contribution in [0.25, 0.3) is 33.3 Å². The zero-order valence-corrected chi connectivity index (χ0v) is 30.3. The Morgan fingerprint density at radius 1 is 0.896 bits per heavy atom. The van der Waals surface area contributed by atoms with Gasteiger partial charge in [-0.15, -0.1) is 0 Å². The Hall–Kier alpha value is -4.05. The van der Waals surface area contributed by atoms with E-state index >= 15 is 4.39 Å². The lowest BCUT2D eigenvalue weighted by molar-refractivity contribution is -0.692. The van der Waals surface area contributed by atoms with Crippen molar-refractivity contribution in [1.82, 2.24) is 0 Å². The van der Waals surface area contributed by atoms with Crippen molar-refractivity contribution in [3.63, 3.8) is 0 Å². The van der Waals surface area contributed by atoms with Gasteiger partial charge in [-0.2, -0.15) is 4.57 Å². The maximum atomic E-state index is 16.5. The Morgan fingerprint density at radius 2 is 1.69 bits per heavy atom. The van der Waals surface area contributed by atoms with Crippen LogP contribution < -0.4 is 14.0 Å². The molecule has 2 aromatic heterocycles. The van der Waals surface area contributed by atoms with Crippen molar-refractivity contribution >= 4 is 16.5 Å². The van der Waals surface area contributed by atoms with Crippen LogP contribution in [0.3, 0.4) is 0 Å². The minimum atomic E-state index is -0.452. The van der Waals surface area contributed by atoms with Crippen molar-refractivity contribution < 1.29 is 13.5 Å². The van der Waals surface area contributed by atoms with E-state index in [-0.39, 0.29) is 11.2 Å². The summed E-state index contributed by atoms with van der Waals surface area (Å²) in [4.78, 5) is 2.19. The maximum Gasteiger partial charge on any atom is 0.221 e. The Bertz CT molecular complexity index is 2030. The lowest BCUT2D eigenvalue weighted by atomic mass is 9.61. The van der Waals surface area contributed by atoms with E-state index in [9.17, 15) is 0 Å². The van der Waals surface area contributed by atoms with E-state index in [0.29, 0.717) is 5.92 Å². The smallest absolute Gasteiger partial charge is 0.221 e. The van der Waals surface area contributed by atoms with Gasteiger partial charge in [-0.05, 0) is 84.0 Å². The molecule has 0 fully saturated rings. The van der Waals surface area contributed by atoms with Gasteiger partial charge >= 0.3 is 0 Å². The Morgan fingerprint density at radius 3 is 2.40 bits per heavy atom. The molecule has 4 heteroatoms. The predicted molar refractivity (Wildman–Crippen MR) is 197 cm³/mol. The molecule has 0 saturated heterocycles. The third kappa shape index (κ3) is 4.89. The monoisotopic (exact) mass is 641 g/mol. The normalized spacial score (nSPS) is 17.0. The molecule has 248 valence electrons. The van der Waals surface area contributed by atoms with Gasteiger partial charge in [0, 0.05) is 60.3 Å². The summed E-state index contributed by atoms with van der Waals surface area (Å²) in [5.41, 5.74) is 11.7. The molecule has 1 unspecified atom stereocenters. The molecule has 0 N–H and O–H groups in total. The second-order valence-electron chi connectivity index (χ2n) is 15.2. The van der Waals surface area contributed by atoms with Gasteiger partial charge in [0.1, 0.15) is 12.9 Å². The number of pyridine rings is 2. The van der Waals surface area contributed by atoms with E-state index < -0.39 is 5.41 Å². The molecule has 48 heavy (non-hydrogen) atoms. The molecular formula is C44H52FN3+2. The van der Waals surface area contributed by atoms with E-state index in [1.807, 2.05) is 0 Å². The number of halogens is 1. The molecule has 3 nitrogen and oxygen atoms in total. The van der Waals surface area contributed by atoms with Crippen molar-refractivity contribution in [2.75, 3.05) is 19.0 Å². The molecule has 2 aliphatic rings. The van der Waals surface area contributed by atoms with Crippen LogP contribution in [0.1, 0.15) is 88.1 Å². The fourth-order valence-electron chi connectivity index (χ4n) is 9.36. The number of aromatic nitrogens is 2. The molecule has 5 aromatic rings. The number of benzene rings is 3. The first-order valence-corrected chi connectivity index (χ1v) is 18.1. The fourth-order valence-corrected chi connectivity index (χ4v) is 9.36. The first-order valence-electron chi connectivity index (χ1n) is 18.1. The van der Waals surface area contributed by atoms with Gasteiger partial charge in [-0.25, -0.2) is 8.96 Å². The molecule has 1 atom stereocenters. The van der Waals surface area contributed by atoms with E-state index in [1.54, 1.807) is 6.07 Å². The molecule has 0 amide bonds. The van der Waals surface area contributed by atoms with Crippen LogP contribution in [0.15, 0.2) is 79.1 Å². The van der Waals surface area contributed by atoms with Gasteiger partial charge in [0.15, 0.2) is 18.9 Å². The number of anilines is 1. The maximum absolute atomic E-state index is 16.5. The van der Waals surface area contributed by atoms with E-state index in [4.69, 9.17) is 0 Å². The quantitative estimate of drug-likeness (QED) is 0.146. The van der Waals surface area contributed by atoms with Crippen LogP contribution in [0.2, 0.25) is 0 Å².